The molecule has 1 saturated carbocycles. The molecule has 120 valence electrons. The van der Waals surface area contributed by atoms with E-state index in [-0.39, 0.29) is 0 Å². The third-order valence-electron chi connectivity index (χ3n) is 4.71. The molecule has 23 heavy (non-hydrogen) atoms. The molecule has 2 aromatic rings. The van der Waals surface area contributed by atoms with E-state index in [0.29, 0.717) is 17.5 Å². The second-order valence-corrected chi connectivity index (χ2v) is 6.36. The number of benzene rings is 2. The quantitative estimate of drug-likeness (QED) is 0.870. The molecule has 1 aliphatic carbocycles. The highest BCUT2D eigenvalue weighted by Gasteiger charge is 2.22. The van der Waals surface area contributed by atoms with Crippen LogP contribution in [0.5, 0.6) is 0 Å². The standard InChI is InChI=1S/C20H23NO2/c22-20(23)18-10-4-6-15(12-18)14-21-19-11-5-9-17(13-19)16-7-2-1-3-8-16/h1-4,6-8,10,12,17,19,21H,5,9,11,13-14H2,(H,22,23). The summed E-state index contributed by atoms with van der Waals surface area (Å²) in [6.07, 6.45) is 4.85. The monoisotopic (exact) mass is 309 g/mol. The fourth-order valence-corrected chi connectivity index (χ4v) is 3.48. The summed E-state index contributed by atoms with van der Waals surface area (Å²) in [6, 6.07) is 18.4. The van der Waals surface area contributed by atoms with Crippen LogP contribution in [0.15, 0.2) is 54.6 Å². The molecule has 1 aliphatic rings. The van der Waals surface area contributed by atoms with Gasteiger partial charge >= 0.3 is 5.97 Å². The zero-order valence-electron chi connectivity index (χ0n) is 13.2. The van der Waals surface area contributed by atoms with Crippen LogP contribution in [-0.4, -0.2) is 17.1 Å². The first-order chi connectivity index (χ1) is 11.2. The Hall–Kier alpha value is -2.13. The van der Waals surface area contributed by atoms with Crippen molar-refractivity contribution in [3.05, 3.63) is 71.3 Å². The Kier molecular flexibility index (Phi) is 5.09. The van der Waals surface area contributed by atoms with Gasteiger partial charge in [0.25, 0.3) is 0 Å². The van der Waals surface area contributed by atoms with Gasteiger partial charge in [-0.25, -0.2) is 4.79 Å². The Morgan fingerprint density at radius 3 is 2.70 bits per heavy atom. The molecule has 3 heteroatoms. The Bertz CT molecular complexity index is 654. The van der Waals surface area contributed by atoms with Crippen molar-refractivity contribution in [2.75, 3.05) is 0 Å². The second kappa shape index (κ2) is 7.42. The number of hydrogen-bond acceptors (Lipinski definition) is 2. The molecule has 0 saturated heterocycles. The molecular weight excluding hydrogens is 286 g/mol. The summed E-state index contributed by atoms with van der Waals surface area (Å²) in [5, 5.41) is 12.7. The maximum atomic E-state index is 11.0. The fourth-order valence-electron chi connectivity index (χ4n) is 3.48. The minimum absolute atomic E-state index is 0.357. The van der Waals surface area contributed by atoms with Gasteiger partial charge in [-0.1, -0.05) is 48.9 Å². The maximum Gasteiger partial charge on any atom is 0.335 e. The Labute approximate surface area is 137 Å². The number of carboxylic acids is 1. The van der Waals surface area contributed by atoms with Gasteiger partial charge in [0.1, 0.15) is 0 Å². The molecular formula is C20H23NO2. The Balaban J connectivity index is 1.58. The SMILES string of the molecule is O=C(O)c1cccc(CNC2CCCC(c3ccccc3)C2)c1. The van der Waals surface area contributed by atoms with Crippen LogP contribution in [0.4, 0.5) is 0 Å². The fraction of sp³-hybridized carbons (Fsp3) is 0.350. The molecule has 0 aliphatic heterocycles. The van der Waals surface area contributed by atoms with E-state index in [9.17, 15) is 4.79 Å². The van der Waals surface area contributed by atoms with Gasteiger partial charge in [0.15, 0.2) is 0 Å². The summed E-state index contributed by atoms with van der Waals surface area (Å²) in [4.78, 5) is 11.0. The number of carboxylic acid groups (broad SMARTS) is 1. The second-order valence-electron chi connectivity index (χ2n) is 6.36. The normalized spacial score (nSPS) is 21.0. The number of rotatable bonds is 5. The minimum Gasteiger partial charge on any atom is -0.478 e. The number of hydrogen-bond donors (Lipinski definition) is 2. The highest BCUT2D eigenvalue weighted by atomic mass is 16.4. The van der Waals surface area contributed by atoms with Crippen molar-refractivity contribution >= 4 is 5.97 Å². The third-order valence-corrected chi connectivity index (χ3v) is 4.71. The smallest absolute Gasteiger partial charge is 0.335 e. The van der Waals surface area contributed by atoms with Crippen LogP contribution in [0.25, 0.3) is 0 Å². The van der Waals surface area contributed by atoms with Gasteiger partial charge in [-0.2, -0.15) is 0 Å². The van der Waals surface area contributed by atoms with E-state index in [1.807, 2.05) is 12.1 Å². The number of carbonyl (C=O) groups is 1. The van der Waals surface area contributed by atoms with Crippen molar-refractivity contribution in [3.63, 3.8) is 0 Å². The predicted octanol–water partition coefficient (Wildman–Crippen LogP) is 4.20. The number of nitrogens with one attached hydrogen (secondary N) is 1. The van der Waals surface area contributed by atoms with E-state index in [1.165, 1.54) is 24.8 Å². The Morgan fingerprint density at radius 2 is 1.91 bits per heavy atom. The van der Waals surface area contributed by atoms with Crippen LogP contribution in [-0.2, 0) is 6.54 Å². The average Bonchev–Trinajstić information content (AvgIpc) is 2.61. The highest BCUT2D eigenvalue weighted by molar-refractivity contribution is 5.87. The molecule has 3 nitrogen and oxygen atoms in total. The lowest BCUT2D eigenvalue weighted by molar-refractivity contribution is 0.0696. The largest absolute Gasteiger partial charge is 0.478 e. The molecule has 0 bridgehead atoms. The van der Waals surface area contributed by atoms with Gasteiger partial charge in [0.05, 0.1) is 5.56 Å². The van der Waals surface area contributed by atoms with Gasteiger partial charge in [-0.3, -0.25) is 0 Å². The zero-order valence-corrected chi connectivity index (χ0v) is 13.2. The van der Waals surface area contributed by atoms with Gasteiger partial charge in [-0.05, 0) is 48.4 Å². The molecule has 0 amide bonds. The topological polar surface area (TPSA) is 49.3 Å². The predicted molar refractivity (Wildman–Crippen MR) is 91.7 cm³/mol. The van der Waals surface area contributed by atoms with Gasteiger partial charge in [0, 0.05) is 12.6 Å². The summed E-state index contributed by atoms with van der Waals surface area (Å²) >= 11 is 0. The van der Waals surface area contributed by atoms with Crippen LogP contribution >= 0.6 is 0 Å². The van der Waals surface area contributed by atoms with Crippen molar-refractivity contribution in [3.8, 4) is 0 Å². The number of aromatic carboxylic acids is 1. The lowest BCUT2D eigenvalue weighted by Gasteiger charge is -2.30. The van der Waals surface area contributed by atoms with Gasteiger partial charge in [0.2, 0.25) is 0 Å². The Morgan fingerprint density at radius 1 is 1.09 bits per heavy atom. The van der Waals surface area contributed by atoms with E-state index < -0.39 is 5.97 Å². The molecule has 0 heterocycles. The van der Waals surface area contributed by atoms with Crippen molar-refractivity contribution in [1.29, 1.82) is 0 Å². The molecule has 0 radical (unpaired) electrons. The molecule has 2 unspecified atom stereocenters. The molecule has 3 rings (SSSR count). The van der Waals surface area contributed by atoms with Crippen molar-refractivity contribution in [1.82, 2.24) is 5.32 Å². The molecule has 2 aromatic carbocycles. The van der Waals surface area contributed by atoms with Crippen LogP contribution in [0.1, 0.15) is 53.1 Å². The molecule has 2 N–H and O–H groups in total. The van der Waals surface area contributed by atoms with Gasteiger partial charge in [-0.15, -0.1) is 0 Å². The van der Waals surface area contributed by atoms with Crippen molar-refractivity contribution in [2.24, 2.45) is 0 Å². The average molecular weight is 309 g/mol. The molecule has 0 spiro atoms. The van der Waals surface area contributed by atoms with Crippen molar-refractivity contribution < 1.29 is 9.90 Å². The lowest BCUT2D eigenvalue weighted by Crippen LogP contribution is -2.33. The summed E-state index contributed by atoms with van der Waals surface area (Å²) in [7, 11) is 0. The van der Waals surface area contributed by atoms with Crippen LogP contribution in [0.3, 0.4) is 0 Å². The minimum atomic E-state index is -0.867. The zero-order chi connectivity index (χ0) is 16.1. The van der Waals surface area contributed by atoms with E-state index in [4.69, 9.17) is 5.11 Å². The molecule has 0 aromatic heterocycles. The van der Waals surface area contributed by atoms with E-state index >= 15 is 0 Å². The van der Waals surface area contributed by atoms with E-state index in [2.05, 4.69) is 35.6 Å². The molecule has 1 fully saturated rings. The first-order valence-electron chi connectivity index (χ1n) is 8.33. The lowest BCUT2D eigenvalue weighted by atomic mass is 9.81. The van der Waals surface area contributed by atoms with E-state index in [0.717, 1.165) is 18.5 Å². The molecule has 2 atom stereocenters. The van der Waals surface area contributed by atoms with Crippen LogP contribution in [0, 0.1) is 0 Å². The van der Waals surface area contributed by atoms with Gasteiger partial charge < -0.3 is 10.4 Å². The van der Waals surface area contributed by atoms with Crippen LogP contribution in [0.2, 0.25) is 0 Å². The summed E-state index contributed by atoms with van der Waals surface area (Å²) in [5.41, 5.74) is 2.83. The maximum absolute atomic E-state index is 11.0. The first-order valence-corrected chi connectivity index (χ1v) is 8.33. The third kappa shape index (κ3) is 4.20. The summed E-state index contributed by atoms with van der Waals surface area (Å²) < 4.78 is 0. The highest BCUT2D eigenvalue weighted by Crippen LogP contribution is 2.32. The summed E-state index contributed by atoms with van der Waals surface area (Å²) in [6.45, 7) is 0.729. The van der Waals surface area contributed by atoms with Crippen LogP contribution < -0.4 is 5.32 Å². The van der Waals surface area contributed by atoms with E-state index in [1.54, 1.807) is 12.1 Å². The first kappa shape index (κ1) is 15.8. The van der Waals surface area contributed by atoms with Crippen molar-refractivity contribution in [2.45, 2.75) is 44.2 Å². The summed E-state index contributed by atoms with van der Waals surface area (Å²) in [5.74, 6) is -0.235.